The van der Waals surface area contributed by atoms with Gasteiger partial charge in [0.2, 0.25) is 0 Å². The average molecular weight is 499 g/mol. The summed E-state index contributed by atoms with van der Waals surface area (Å²) in [5.41, 5.74) is 0.631. The molecule has 9 heteroatoms. The number of nitrogens with zero attached hydrogens (tertiary/aromatic N) is 1. The van der Waals surface area contributed by atoms with Crippen molar-refractivity contribution in [3.05, 3.63) is 71.2 Å². The van der Waals surface area contributed by atoms with Crippen LogP contribution in [0.4, 0.5) is 4.39 Å². The Morgan fingerprint density at radius 2 is 1.78 bits per heavy atom. The third-order valence-electron chi connectivity index (χ3n) is 5.56. The van der Waals surface area contributed by atoms with Gasteiger partial charge in [-0.15, -0.1) is 0 Å². The Bertz CT molecular complexity index is 1230. The molecular formula is C27H31FN2O6. The molecule has 3 aromatic rings. The first kappa shape index (κ1) is 26.9. The van der Waals surface area contributed by atoms with Crippen molar-refractivity contribution in [3.63, 3.8) is 0 Å². The summed E-state index contributed by atoms with van der Waals surface area (Å²) in [5, 5.41) is 23.3. The lowest BCUT2D eigenvalue weighted by molar-refractivity contribution is 0.0489. The number of aliphatic hydroxyl groups excluding tert-OH is 1. The molecule has 8 nitrogen and oxygen atoms in total. The summed E-state index contributed by atoms with van der Waals surface area (Å²) in [7, 11) is 2.95. The molecule has 1 aromatic heterocycles. The van der Waals surface area contributed by atoms with Crippen LogP contribution in [0.15, 0.2) is 48.5 Å². The Labute approximate surface area is 209 Å². The maximum atomic E-state index is 13.8. The predicted octanol–water partition coefficient (Wildman–Crippen LogP) is 3.61. The first-order valence-corrected chi connectivity index (χ1v) is 11.4. The lowest BCUT2D eigenvalue weighted by Gasteiger charge is -2.24. The monoisotopic (exact) mass is 498 g/mol. The molecule has 0 aliphatic heterocycles. The van der Waals surface area contributed by atoms with Gasteiger partial charge in [0.15, 0.2) is 11.5 Å². The van der Waals surface area contributed by atoms with Gasteiger partial charge in [-0.05, 0) is 74.9 Å². The molecular weight excluding hydrogens is 467 g/mol. The lowest BCUT2D eigenvalue weighted by atomic mass is 9.99. The van der Waals surface area contributed by atoms with Crippen LogP contribution in [0.1, 0.15) is 35.5 Å². The van der Waals surface area contributed by atoms with Gasteiger partial charge in [0, 0.05) is 11.1 Å². The van der Waals surface area contributed by atoms with Crippen molar-refractivity contribution in [3.8, 4) is 28.5 Å². The zero-order chi connectivity index (χ0) is 26.5. The molecule has 0 saturated heterocycles. The number of hydrogen-bond acceptors (Lipinski definition) is 7. The van der Waals surface area contributed by atoms with Crippen molar-refractivity contribution in [1.82, 2.24) is 10.3 Å². The minimum Gasteiger partial charge on any atom is -0.494 e. The highest BCUT2D eigenvalue weighted by Gasteiger charge is 2.27. The van der Waals surface area contributed by atoms with Crippen molar-refractivity contribution >= 4 is 5.91 Å². The van der Waals surface area contributed by atoms with E-state index in [9.17, 15) is 19.4 Å². The number of pyridine rings is 1. The molecule has 2 unspecified atom stereocenters. The third kappa shape index (κ3) is 6.30. The Kier molecular flexibility index (Phi) is 8.49. The summed E-state index contributed by atoms with van der Waals surface area (Å²) in [6.07, 6.45) is -0.654. The van der Waals surface area contributed by atoms with Crippen molar-refractivity contribution in [2.75, 3.05) is 27.4 Å². The molecule has 0 radical (unpaired) electrons. The number of methoxy groups -OCH3 is 2. The molecule has 1 amide bonds. The van der Waals surface area contributed by atoms with Crippen molar-refractivity contribution in [1.29, 1.82) is 0 Å². The van der Waals surface area contributed by atoms with Crippen LogP contribution in [-0.2, 0) is 5.60 Å². The standard InChI is InChI=1S/C27H31FN2O6/c1-16-12-18(6-8-20(16)28)25-22(34-4)10-11-24(30-25)27(3,33)15-29-26(32)19-7-9-21(23(13-19)35-5)36-14-17(2)31/h6-13,17,31,33H,14-15H2,1-5H3,(H,29,32). The summed E-state index contributed by atoms with van der Waals surface area (Å²) in [4.78, 5) is 17.4. The first-order valence-electron chi connectivity index (χ1n) is 11.4. The molecule has 192 valence electrons. The maximum absolute atomic E-state index is 13.8. The topological polar surface area (TPSA) is 110 Å². The number of rotatable bonds is 10. The second kappa shape index (κ2) is 11.4. The Morgan fingerprint density at radius 1 is 1.08 bits per heavy atom. The van der Waals surface area contributed by atoms with Crippen LogP contribution >= 0.6 is 0 Å². The first-order chi connectivity index (χ1) is 17.1. The van der Waals surface area contributed by atoms with Crippen LogP contribution in [0.3, 0.4) is 0 Å². The smallest absolute Gasteiger partial charge is 0.251 e. The number of benzene rings is 2. The van der Waals surface area contributed by atoms with Gasteiger partial charge < -0.3 is 29.7 Å². The normalized spacial score (nSPS) is 13.4. The van der Waals surface area contributed by atoms with Crippen molar-refractivity contribution in [2.24, 2.45) is 0 Å². The number of aryl methyl sites for hydroxylation is 1. The van der Waals surface area contributed by atoms with E-state index in [1.807, 2.05) is 0 Å². The second-order valence-electron chi connectivity index (χ2n) is 8.69. The number of carbonyl (C=O) groups is 1. The molecule has 0 aliphatic carbocycles. The van der Waals surface area contributed by atoms with E-state index < -0.39 is 17.6 Å². The summed E-state index contributed by atoms with van der Waals surface area (Å²) < 4.78 is 30.0. The van der Waals surface area contributed by atoms with Gasteiger partial charge in [0.1, 0.15) is 29.5 Å². The van der Waals surface area contributed by atoms with E-state index in [2.05, 4.69) is 10.3 Å². The highest BCUT2D eigenvalue weighted by Crippen LogP contribution is 2.32. The van der Waals surface area contributed by atoms with E-state index in [1.165, 1.54) is 33.3 Å². The van der Waals surface area contributed by atoms with E-state index >= 15 is 0 Å². The van der Waals surface area contributed by atoms with Crippen LogP contribution in [0.2, 0.25) is 0 Å². The van der Waals surface area contributed by atoms with Gasteiger partial charge in [-0.3, -0.25) is 4.79 Å². The number of aliphatic hydroxyl groups is 2. The number of ether oxygens (including phenoxy) is 3. The maximum Gasteiger partial charge on any atom is 0.251 e. The summed E-state index contributed by atoms with van der Waals surface area (Å²) in [6.45, 7) is 4.74. The molecule has 0 bridgehead atoms. The van der Waals surface area contributed by atoms with Gasteiger partial charge in [-0.1, -0.05) is 0 Å². The fourth-order valence-corrected chi connectivity index (χ4v) is 3.49. The fourth-order valence-electron chi connectivity index (χ4n) is 3.49. The number of carbonyl (C=O) groups excluding carboxylic acids is 1. The number of amides is 1. The molecule has 1 heterocycles. The molecule has 0 aliphatic rings. The number of halogens is 1. The Morgan fingerprint density at radius 3 is 2.42 bits per heavy atom. The van der Waals surface area contributed by atoms with E-state index in [0.29, 0.717) is 45.3 Å². The molecule has 0 fully saturated rings. The van der Waals surface area contributed by atoms with Crippen LogP contribution < -0.4 is 19.5 Å². The number of nitrogens with one attached hydrogen (secondary N) is 1. The second-order valence-corrected chi connectivity index (χ2v) is 8.69. The van der Waals surface area contributed by atoms with Gasteiger partial charge in [0.25, 0.3) is 5.91 Å². The molecule has 3 N–H and O–H groups in total. The Balaban J connectivity index is 1.79. The number of hydrogen-bond donors (Lipinski definition) is 3. The van der Waals surface area contributed by atoms with Crippen LogP contribution in [0, 0.1) is 12.7 Å². The van der Waals surface area contributed by atoms with Gasteiger partial charge in [-0.2, -0.15) is 0 Å². The third-order valence-corrected chi connectivity index (χ3v) is 5.56. The van der Waals surface area contributed by atoms with Gasteiger partial charge in [-0.25, -0.2) is 9.37 Å². The summed E-state index contributed by atoms with van der Waals surface area (Å²) in [6, 6.07) is 12.5. The van der Waals surface area contributed by atoms with Gasteiger partial charge in [0.05, 0.1) is 32.6 Å². The SMILES string of the molecule is COc1cc(C(=O)NCC(C)(O)c2ccc(OC)c(-c3ccc(F)c(C)c3)n2)ccc1OCC(C)O. The zero-order valence-electron chi connectivity index (χ0n) is 21.0. The molecule has 2 aromatic carbocycles. The quantitative estimate of drug-likeness (QED) is 0.392. The molecule has 0 spiro atoms. The average Bonchev–Trinajstić information content (AvgIpc) is 2.87. The van der Waals surface area contributed by atoms with E-state index in [-0.39, 0.29) is 19.0 Å². The van der Waals surface area contributed by atoms with Crippen LogP contribution in [0.25, 0.3) is 11.3 Å². The van der Waals surface area contributed by atoms with Gasteiger partial charge >= 0.3 is 0 Å². The predicted molar refractivity (Wildman–Crippen MR) is 133 cm³/mol. The van der Waals surface area contributed by atoms with Crippen molar-refractivity contribution in [2.45, 2.75) is 32.5 Å². The van der Waals surface area contributed by atoms with E-state index in [4.69, 9.17) is 14.2 Å². The van der Waals surface area contributed by atoms with Crippen LogP contribution in [-0.4, -0.2) is 54.6 Å². The summed E-state index contributed by atoms with van der Waals surface area (Å²) in [5.74, 6) is 0.440. The molecule has 0 saturated carbocycles. The minimum atomic E-state index is -1.52. The highest BCUT2D eigenvalue weighted by atomic mass is 19.1. The molecule has 36 heavy (non-hydrogen) atoms. The van der Waals surface area contributed by atoms with E-state index in [1.54, 1.807) is 50.2 Å². The van der Waals surface area contributed by atoms with Crippen LogP contribution in [0.5, 0.6) is 17.2 Å². The Hall–Kier alpha value is -3.69. The van der Waals surface area contributed by atoms with Crippen molar-refractivity contribution < 1.29 is 33.6 Å². The largest absolute Gasteiger partial charge is 0.494 e. The highest BCUT2D eigenvalue weighted by molar-refractivity contribution is 5.95. The number of aromatic nitrogens is 1. The molecule has 2 atom stereocenters. The summed E-state index contributed by atoms with van der Waals surface area (Å²) >= 11 is 0. The fraction of sp³-hybridized carbons (Fsp3) is 0.333. The molecule has 3 rings (SSSR count). The van der Waals surface area contributed by atoms with E-state index in [0.717, 1.165) is 0 Å². The lowest BCUT2D eigenvalue weighted by Crippen LogP contribution is -2.39. The minimum absolute atomic E-state index is 0.0825. The zero-order valence-corrected chi connectivity index (χ0v) is 21.0.